The van der Waals surface area contributed by atoms with Crippen LogP contribution in [0.4, 0.5) is 10.2 Å². The molecule has 0 atom stereocenters. The predicted molar refractivity (Wildman–Crippen MR) is 69.1 cm³/mol. The zero-order chi connectivity index (χ0) is 12.8. The van der Waals surface area contributed by atoms with E-state index in [-0.39, 0.29) is 5.82 Å². The minimum absolute atomic E-state index is 0.263. The van der Waals surface area contributed by atoms with E-state index in [1.54, 1.807) is 18.3 Å². The molecule has 0 bridgehead atoms. The van der Waals surface area contributed by atoms with Crippen LogP contribution in [0.25, 0.3) is 0 Å². The molecule has 18 heavy (non-hydrogen) atoms. The van der Waals surface area contributed by atoms with E-state index in [4.69, 9.17) is 4.74 Å². The molecule has 0 radical (unpaired) electrons. The SMILES string of the molecule is CCNc1cc(COc2ccc(F)cc2)ccn1. The lowest BCUT2D eigenvalue weighted by molar-refractivity contribution is 0.305. The molecule has 0 saturated heterocycles. The van der Waals surface area contributed by atoms with Gasteiger partial charge < -0.3 is 10.1 Å². The summed E-state index contributed by atoms with van der Waals surface area (Å²) in [5.41, 5.74) is 1.02. The third-order valence-electron chi connectivity index (χ3n) is 2.40. The first-order valence-corrected chi connectivity index (χ1v) is 5.85. The molecule has 0 fully saturated rings. The van der Waals surface area contributed by atoms with E-state index in [0.717, 1.165) is 17.9 Å². The van der Waals surface area contributed by atoms with Crippen LogP contribution in [0.2, 0.25) is 0 Å². The van der Waals surface area contributed by atoms with Gasteiger partial charge in [0, 0.05) is 12.7 Å². The van der Waals surface area contributed by atoms with Crippen molar-refractivity contribution in [2.24, 2.45) is 0 Å². The number of hydrogen-bond donors (Lipinski definition) is 1. The zero-order valence-electron chi connectivity index (χ0n) is 10.2. The van der Waals surface area contributed by atoms with Gasteiger partial charge in [0.2, 0.25) is 0 Å². The second kappa shape index (κ2) is 6.00. The van der Waals surface area contributed by atoms with Crippen LogP contribution in [0.15, 0.2) is 42.6 Å². The Morgan fingerprint density at radius 1 is 1.22 bits per heavy atom. The van der Waals surface area contributed by atoms with Gasteiger partial charge in [0.05, 0.1) is 0 Å². The topological polar surface area (TPSA) is 34.1 Å². The van der Waals surface area contributed by atoms with Crippen molar-refractivity contribution in [3.63, 3.8) is 0 Å². The summed E-state index contributed by atoms with van der Waals surface area (Å²) in [6.45, 7) is 3.28. The Labute approximate surface area is 106 Å². The van der Waals surface area contributed by atoms with Gasteiger partial charge >= 0.3 is 0 Å². The van der Waals surface area contributed by atoms with Gasteiger partial charge in [-0.25, -0.2) is 9.37 Å². The van der Waals surface area contributed by atoms with Gasteiger partial charge in [0.1, 0.15) is 24.0 Å². The Kier molecular flexibility index (Phi) is 4.12. The smallest absolute Gasteiger partial charge is 0.126 e. The van der Waals surface area contributed by atoms with Gasteiger partial charge in [0.15, 0.2) is 0 Å². The summed E-state index contributed by atoms with van der Waals surface area (Å²) in [4.78, 5) is 4.18. The molecule has 0 aliphatic heterocycles. The zero-order valence-corrected chi connectivity index (χ0v) is 10.2. The molecular formula is C14H15FN2O. The second-order valence-corrected chi connectivity index (χ2v) is 3.82. The van der Waals surface area contributed by atoms with Crippen LogP contribution in [0.1, 0.15) is 12.5 Å². The van der Waals surface area contributed by atoms with Crippen LogP contribution < -0.4 is 10.1 Å². The highest BCUT2D eigenvalue weighted by atomic mass is 19.1. The number of nitrogens with one attached hydrogen (secondary N) is 1. The Bertz CT molecular complexity index is 499. The molecule has 0 unspecified atom stereocenters. The van der Waals surface area contributed by atoms with Gasteiger partial charge in [-0.15, -0.1) is 0 Å². The molecular weight excluding hydrogens is 231 g/mol. The Balaban J connectivity index is 1.97. The van der Waals surface area contributed by atoms with Gasteiger partial charge in [-0.05, 0) is 48.9 Å². The largest absolute Gasteiger partial charge is 0.489 e. The van der Waals surface area contributed by atoms with Gasteiger partial charge in [-0.2, -0.15) is 0 Å². The van der Waals surface area contributed by atoms with Crippen LogP contribution >= 0.6 is 0 Å². The fraction of sp³-hybridized carbons (Fsp3) is 0.214. The van der Waals surface area contributed by atoms with Crippen LogP contribution in [-0.2, 0) is 6.61 Å². The summed E-state index contributed by atoms with van der Waals surface area (Å²) in [6.07, 6.45) is 1.74. The Hall–Kier alpha value is -2.10. The van der Waals surface area contributed by atoms with Crippen molar-refractivity contribution < 1.29 is 9.13 Å². The van der Waals surface area contributed by atoms with Gasteiger partial charge in [-0.1, -0.05) is 0 Å². The number of benzene rings is 1. The van der Waals surface area contributed by atoms with E-state index >= 15 is 0 Å². The van der Waals surface area contributed by atoms with Crippen molar-refractivity contribution in [2.75, 3.05) is 11.9 Å². The highest BCUT2D eigenvalue weighted by Crippen LogP contribution is 2.14. The van der Waals surface area contributed by atoms with Crippen molar-refractivity contribution >= 4 is 5.82 Å². The molecule has 0 aliphatic rings. The molecule has 2 aromatic rings. The van der Waals surface area contributed by atoms with Crippen molar-refractivity contribution in [2.45, 2.75) is 13.5 Å². The van der Waals surface area contributed by atoms with E-state index in [9.17, 15) is 4.39 Å². The van der Waals surface area contributed by atoms with E-state index in [0.29, 0.717) is 12.4 Å². The maximum Gasteiger partial charge on any atom is 0.126 e. The molecule has 1 aromatic carbocycles. The minimum Gasteiger partial charge on any atom is -0.489 e. The van der Waals surface area contributed by atoms with Crippen LogP contribution in [-0.4, -0.2) is 11.5 Å². The average Bonchev–Trinajstić information content (AvgIpc) is 2.39. The number of halogens is 1. The van der Waals surface area contributed by atoms with Gasteiger partial charge in [0.25, 0.3) is 0 Å². The molecule has 0 aliphatic carbocycles. The van der Waals surface area contributed by atoms with E-state index in [1.807, 2.05) is 19.1 Å². The first-order chi connectivity index (χ1) is 8.78. The third kappa shape index (κ3) is 3.45. The molecule has 0 saturated carbocycles. The van der Waals surface area contributed by atoms with Crippen molar-refractivity contribution in [3.05, 3.63) is 54.0 Å². The van der Waals surface area contributed by atoms with Crippen molar-refractivity contribution in [3.8, 4) is 5.75 Å². The van der Waals surface area contributed by atoms with Crippen LogP contribution in [0.5, 0.6) is 5.75 Å². The minimum atomic E-state index is -0.263. The highest BCUT2D eigenvalue weighted by Gasteiger charge is 1.99. The van der Waals surface area contributed by atoms with E-state index in [2.05, 4.69) is 10.3 Å². The number of anilines is 1. The Morgan fingerprint density at radius 3 is 2.72 bits per heavy atom. The lowest BCUT2D eigenvalue weighted by atomic mass is 10.2. The molecule has 3 nitrogen and oxygen atoms in total. The first-order valence-electron chi connectivity index (χ1n) is 5.85. The average molecular weight is 246 g/mol. The molecule has 1 aromatic heterocycles. The number of ether oxygens (including phenoxy) is 1. The van der Waals surface area contributed by atoms with Gasteiger partial charge in [-0.3, -0.25) is 0 Å². The number of hydrogen-bond acceptors (Lipinski definition) is 3. The monoisotopic (exact) mass is 246 g/mol. The fourth-order valence-electron chi connectivity index (χ4n) is 1.54. The molecule has 0 spiro atoms. The van der Waals surface area contributed by atoms with Crippen LogP contribution in [0.3, 0.4) is 0 Å². The normalized spacial score (nSPS) is 10.1. The maximum absolute atomic E-state index is 12.7. The van der Waals surface area contributed by atoms with E-state index < -0.39 is 0 Å². The third-order valence-corrected chi connectivity index (χ3v) is 2.40. The second-order valence-electron chi connectivity index (χ2n) is 3.82. The quantitative estimate of drug-likeness (QED) is 0.879. The molecule has 0 amide bonds. The summed E-state index contributed by atoms with van der Waals surface area (Å²) in [5.74, 6) is 1.22. The molecule has 2 rings (SSSR count). The molecule has 4 heteroatoms. The number of aromatic nitrogens is 1. The van der Waals surface area contributed by atoms with Crippen molar-refractivity contribution in [1.29, 1.82) is 0 Å². The van der Waals surface area contributed by atoms with Crippen molar-refractivity contribution in [1.82, 2.24) is 4.98 Å². The summed E-state index contributed by atoms with van der Waals surface area (Å²) in [5, 5.41) is 3.14. The molecule has 1 N–H and O–H groups in total. The summed E-state index contributed by atoms with van der Waals surface area (Å²) < 4.78 is 18.3. The summed E-state index contributed by atoms with van der Waals surface area (Å²) in [6, 6.07) is 9.82. The molecule has 1 heterocycles. The van der Waals surface area contributed by atoms with Crippen LogP contribution in [0, 0.1) is 5.82 Å². The van der Waals surface area contributed by atoms with E-state index in [1.165, 1.54) is 12.1 Å². The number of nitrogens with zero attached hydrogens (tertiary/aromatic N) is 1. The summed E-state index contributed by atoms with van der Waals surface area (Å²) in [7, 11) is 0. The standard InChI is InChI=1S/C14H15FN2O/c1-2-16-14-9-11(7-8-17-14)10-18-13-5-3-12(15)4-6-13/h3-9H,2,10H2,1H3,(H,16,17). The lowest BCUT2D eigenvalue weighted by Gasteiger charge is -2.08. The summed E-state index contributed by atoms with van der Waals surface area (Å²) >= 11 is 0. The molecule has 94 valence electrons. The fourth-order valence-corrected chi connectivity index (χ4v) is 1.54. The number of pyridine rings is 1. The highest BCUT2D eigenvalue weighted by molar-refractivity contribution is 5.37. The first kappa shape index (κ1) is 12.4. The lowest BCUT2D eigenvalue weighted by Crippen LogP contribution is -2.01. The Morgan fingerprint density at radius 2 is 2.00 bits per heavy atom. The maximum atomic E-state index is 12.7. The predicted octanol–water partition coefficient (Wildman–Crippen LogP) is 3.23. The number of rotatable bonds is 5.